The van der Waals surface area contributed by atoms with E-state index in [9.17, 15) is 10.2 Å². The molecule has 2 aliphatic rings. The van der Waals surface area contributed by atoms with Gasteiger partial charge in [0, 0.05) is 7.11 Å². The number of rotatable bonds is 6. The fourth-order valence-corrected chi connectivity index (χ4v) is 3.82. The van der Waals surface area contributed by atoms with Gasteiger partial charge in [0.05, 0.1) is 6.61 Å². The molecule has 2 N–H and O–H groups in total. The summed E-state index contributed by atoms with van der Waals surface area (Å²) >= 11 is 0. The lowest BCUT2D eigenvalue weighted by atomic mass is 9.81. The van der Waals surface area contributed by atoms with Crippen LogP contribution < -0.4 is 0 Å². The van der Waals surface area contributed by atoms with Crippen LogP contribution in [-0.4, -0.2) is 59.9 Å². The van der Waals surface area contributed by atoms with Gasteiger partial charge in [-0.2, -0.15) is 0 Å². The van der Waals surface area contributed by atoms with Crippen LogP contribution in [-0.2, 0) is 25.4 Å². The lowest BCUT2D eigenvalue weighted by molar-refractivity contribution is -0.365. The number of aryl methyl sites for hydroxylation is 1. The maximum absolute atomic E-state index is 11.5. The molecule has 3 rings (SSSR count). The monoisotopic (exact) mass is 378 g/mol. The maximum atomic E-state index is 11.5. The number of allylic oxidation sites excluding steroid dienone is 1. The van der Waals surface area contributed by atoms with Crippen molar-refractivity contribution in [2.45, 2.75) is 62.5 Å². The summed E-state index contributed by atoms with van der Waals surface area (Å²) in [6, 6.07) is 10.3. The van der Waals surface area contributed by atoms with Crippen LogP contribution >= 0.6 is 0 Å². The number of aliphatic hydroxyl groups is 2. The number of hydrogen-bond acceptors (Lipinski definition) is 6. The van der Waals surface area contributed by atoms with Crippen LogP contribution in [0, 0.1) is 0 Å². The molecular weight excluding hydrogens is 348 g/mol. The molecule has 0 bridgehead atoms. The van der Waals surface area contributed by atoms with Gasteiger partial charge >= 0.3 is 0 Å². The molecule has 2 saturated heterocycles. The second-order valence-electron chi connectivity index (χ2n) is 7.68. The van der Waals surface area contributed by atoms with Gasteiger partial charge in [0.15, 0.2) is 11.4 Å². The molecule has 27 heavy (non-hydrogen) atoms. The highest BCUT2D eigenvalue weighted by molar-refractivity contribution is 5.19. The quantitative estimate of drug-likeness (QED) is 0.584. The van der Waals surface area contributed by atoms with E-state index in [1.165, 1.54) is 12.7 Å². The van der Waals surface area contributed by atoms with E-state index in [1.54, 1.807) is 19.9 Å². The van der Waals surface area contributed by atoms with E-state index in [2.05, 4.69) is 12.1 Å². The van der Waals surface area contributed by atoms with E-state index in [4.69, 9.17) is 18.9 Å². The van der Waals surface area contributed by atoms with Gasteiger partial charge in [-0.15, -0.1) is 0 Å². The first-order valence-electron chi connectivity index (χ1n) is 9.45. The van der Waals surface area contributed by atoms with Gasteiger partial charge < -0.3 is 29.2 Å². The number of methoxy groups -OCH3 is 1. The van der Waals surface area contributed by atoms with Crippen molar-refractivity contribution in [2.75, 3.05) is 20.3 Å². The molecule has 0 aliphatic carbocycles. The molecule has 1 aromatic carbocycles. The van der Waals surface area contributed by atoms with E-state index in [-0.39, 0.29) is 13.2 Å². The smallest absolute Gasteiger partial charge is 0.230 e. The predicted molar refractivity (Wildman–Crippen MR) is 100 cm³/mol. The van der Waals surface area contributed by atoms with E-state index >= 15 is 0 Å². The highest BCUT2D eigenvalue weighted by Crippen LogP contribution is 2.46. The van der Waals surface area contributed by atoms with Gasteiger partial charge in [-0.3, -0.25) is 0 Å². The number of aliphatic hydroxyl groups excluding tert-OH is 1. The zero-order valence-corrected chi connectivity index (χ0v) is 16.3. The lowest BCUT2D eigenvalue weighted by Crippen LogP contribution is -2.71. The van der Waals surface area contributed by atoms with Gasteiger partial charge in [-0.05, 0) is 44.7 Å². The second kappa shape index (κ2) is 7.99. The average Bonchev–Trinajstić information content (AvgIpc) is 2.96. The van der Waals surface area contributed by atoms with E-state index in [0.29, 0.717) is 0 Å². The van der Waals surface area contributed by atoms with Gasteiger partial charge in [0.1, 0.15) is 18.8 Å². The third kappa shape index (κ3) is 4.11. The van der Waals surface area contributed by atoms with Gasteiger partial charge in [0.25, 0.3) is 0 Å². The molecular formula is C21H30O6. The largest absolute Gasteiger partial charge is 0.388 e. The molecule has 1 aromatic rings. The first-order valence-corrected chi connectivity index (χ1v) is 9.45. The van der Waals surface area contributed by atoms with Crippen LogP contribution in [0.4, 0.5) is 0 Å². The molecule has 0 radical (unpaired) electrons. The Bertz CT molecular complexity index is 645. The Morgan fingerprint density at radius 3 is 2.59 bits per heavy atom. The molecule has 2 fully saturated rings. The van der Waals surface area contributed by atoms with Crippen molar-refractivity contribution in [3.05, 3.63) is 48.0 Å². The summed E-state index contributed by atoms with van der Waals surface area (Å²) in [6.45, 7) is 3.59. The zero-order chi connectivity index (χ0) is 19.5. The molecule has 0 amide bonds. The van der Waals surface area contributed by atoms with Crippen molar-refractivity contribution >= 4 is 0 Å². The highest BCUT2D eigenvalue weighted by Gasteiger charge is 2.66. The molecule has 6 nitrogen and oxygen atoms in total. The Balaban J connectivity index is 1.72. The van der Waals surface area contributed by atoms with E-state index < -0.39 is 29.4 Å². The second-order valence-corrected chi connectivity index (χ2v) is 7.68. The minimum Gasteiger partial charge on any atom is -0.388 e. The summed E-state index contributed by atoms with van der Waals surface area (Å²) in [6.07, 6.45) is 4.35. The first kappa shape index (κ1) is 20.5. The third-order valence-electron chi connectivity index (χ3n) is 5.21. The SMILES string of the molecule is CO[C@@H]1[C@H](O)CO[C@]2(COC(C)(C)O2)[C@@]1(O)C=CCCCc1ccccc1. The van der Waals surface area contributed by atoms with Crippen molar-refractivity contribution in [3.63, 3.8) is 0 Å². The Kier molecular flexibility index (Phi) is 6.05. The Hall–Kier alpha value is -1.28. The van der Waals surface area contributed by atoms with Crippen LogP contribution in [0.1, 0.15) is 32.3 Å². The third-order valence-corrected chi connectivity index (χ3v) is 5.21. The van der Waals surface area contributed by atoms with Crippen LogP contribution in [0.15, 0.2) is 42.5 Å². The topological polar surface area (TPSA) is 77.4 Å². The zero-order valence-electron chi connectivity index (χ0n) is 16.3. The normalized spacial score (nSPS) is 35.9. The van der Waals surface area contributed by atoms with Crippen molar-refractivity contribution in [1.29, 1.82) is 0 Å². The van der Waals surface area contributed by atoms with Gasteiger partial charge in [-0.25, -0.2) is 0 Å². The molecule has 150 valence electrons. The van der Waals surface area contributed by atoms with Gasteiger partial charge in [-0.1, -0.05) is 36.4 Å². The highest BCUT2D eigenvalue weighted by atomic mass is 16.8. The Morgan fingerprint density at radius 1 is 1.22 bits per heavy atom. The fraction of sp³-hybridized carbons (Fsp3) is 0.619. The fourth-order valence-electron chi connectivity index (χ4n) is 3.82. The molecule has 0 aromatic heterocycles. The lowest BCUT2D eigenvalue weighted by Gasteiger charge is -2.50. The summed E-state index contributed by atoms with van der Waals surface area (Å²) < 4.78 is 22.8. The molecule has 6 heteroatoms. The Morgan fingerprint density at radius 2 is 1.96 bits per heavy atom. The van der Waals surface area contributed by atoms with Crippen LogP contribution in [0.5, 0.6) is 0 Å². The van der Waals surface area contributed by atoms with Crippen LogP contribution in [0.25, 0.3) is 0 Å². The number of ether oxygens (including phenoxy) is 4. The van der Waals surface area contributed by atoms with Crippen LogP contribution in [0.2, 0.25) is 0 Å². The minimum atomic E-state index is -1.67. The average molecular weight is 378 g/mol. The number of unbranched alkanes of at least 4 members (excludes halogenated alkanes) is 1. The van der Waals surface area contributed by atoms with Crippen molar-refractivity contribution < 1.29 is 29.2 Å². The van der Waals surface area contributed by atoms with E-state index in [0.717, 1.165) is 19.3 Å². The molecule has 2 aliphatic heterocycles. The Labute approximate surface area is 160 Å². The summed E-state index contributed by atoms with van der Waals surface area (Å²) in [7, 11) is 1.46. The summed E-state index contributed by atoms with van der Waals surface area (Å²) in [5.41, 5.74) is -0.388. The maximum Gasteiger partial charge on any atom is 0.230 e. The van der Waals surface area contributed by atoms with E-state index in [1.807, 2.05) is 24.3 Å². The summed E-state index contributed by atoms with van der Waals surface area (Å²) in [5, 5.41) is 21.8. The molecule has 4 atom stereocenters. The van der Waals surface area contributed by atoms with Crippen molar-refractivity contribution in [2.24, 2.45) is 0 Å². The minimum absolute atomic E-state index is 0.00209. The number of benzene rings is 1. The summed E-state index contributed by atoms with van der Waals surface area (Å²) in [4.78, 5) is 0. The molecule has 1 spiro atoms. The van der Waals surface area contributed by atoms with Gasteiger partial charge in [0.2, 0.25) is 5.79 Å². The van der Waals surface area contributed by atoms with Crippen molar-refractivity contribution in [1.82, 2.24) is 0 Å². The standard InChI is InChI=1S/C21H30O6/c1-19(2)26-15-21(27-19)20(23,18(24-3)17(22)14-25-21)13-9-5-8-12-16-10-6-4-7-11-16/h4,6-7,9-11,13,17-18,22-23H,5,8,12,14-15H2,1-3H3/t17-,18-,20-,21+/m1/s1. The van der Waals surface area contributed by atoms with Crippen molar-refractivity contribution in [3.8, 4) is 0 Å². The molecule has 2 heterocycles. The van der Waals surface area contributed by atoms with Crippen LogP contribution in [0.3, 0.4) is 0 Å². The molecule has 0 saturated carbocycles. The number of hydrogen-bond donors (Lipinski definition) is 2. The molecule has 0 unspecified atom stereocenters. The summed E-state index contributed by atoms with van der Waals surface area (Å²) in [5.74, 6) is -2.30. The predicted octanol–water partition coefficient (Wildman–Crippen LogP) is 2.18. The first-order chi connectivity index (χ1) is 12.8.